The maximum Gasteiger partial charge on any atom is 0.308 e. The highest BCUT2D eigenvalue weighted by atomic mass is 79.9. The molecule has 1 aromatic heterocycles. The molecule has 4 nitrogen and oxygen atoms in total. The lowest BCUT2D eigenvalue weighted by Crippen LogP contribution is -2.41. The van der Waals surface area contributed by atoms with Crippen LogP contribution < -0.4 is 0 Å². The SMILES string of the molecule is COC(=O)[C@H]1CC[C@@H](C(O)(c2ccc(Br)cn2)C2CC2)CC1. The van der Waals surface area contributed by atoms with Crippen LogP contribution in [0.5, 0.6) is 0 Å². The van der Waals surface area contributed by atoms with Gasteiger partial charge in [-0.1, -0.05) is 0 Å². The second-order valence-electron chi connectivity index (χ2n) is 6.53. The first-order chi connectivity index (χ1) is 10.6. The zero-order valence-corrected chi connectivity index (χ0v) is 14.4. The van der Waals surface area contributed by atoms with E-state index in [1.165, 1.54) is 7.11 Å². The summed E-state index contributed by atoms with van der Waals surface area (Å²) in [5.74, 6) is 0.355. The molecule has 0 amide bonds. The molecule has 22 heavy (non-hydrogen) atoms. The molecule has 0 aliphatic heterocycles. The fraction of sp³-hybridized carbons (Fsp3) is 0.647. The van der Waals surface area contributed by atoms with E-state index in [2.05, 4.69) is 20.9 Å². The predicted molar refractivity (Wildman–Crippen MR) is 86.0 cm³/mol. The third-order valence-electron chi connectivity index (χ3n) is 5.22. The number of nitrogens with zero attached hydrogens (tertiary/aromatic N) is 1. The van der Waals surface area contributed by atoms with Gasteiger partial charge in [0.2, 0.25) is 0 Å². The molecule has 3 rings (SSSR count). The molecule has 1 atom stereocenters. The van der Waals surface area contributed by atoms with E-state index in [9.17, 15) is 9.90 Å². The minimum atomic E-state index is -0.845. The Morgan fingerprint density at radius 3 is 2.27 bits per heavy atom. The van der Waals surface area contributed by atoms with Crippen LogP contribution >= 0.6 is 15.9 Å². The largest absolute Gasteiger partial charge is 0.469 e. The van der Waals surface area contributed by atoms with Crippen molar-refractivity contribution in [2.75, 3.05) is 7.11 Å². The Hall–Kier alpha value is -0.940. The van der Waals surface area contributed by atoms with Gasteiger partial charge in [-0.05, 0) is 78.4 Å². The van der Waals surface area contributed by atoms with E-state index < -0.39 is 5.60 Å². The number of rotatable bonds is 4. The summed E-state index contributed by atoms with van der Waals surface area (Å²) in [6.45, 7) is 0. The molecule has 2 saturated carbocycles. The summed E-state index contributed by atoms with van der Waals surface area (Å²) in [5, 5.41) is 11.4. The minimum absolute atomic E-state index is 0.0115. The molecular formula is C17H22BrNO3. The maximum atomic E-state index is 11.7. The number of hydrogen-bond donors (Lipinski definition) is 1. The van der Waals surface area contributed by atoms with Crippen LogP contribution in [-0.2, 0) is 15.1 Å². The highest BCUT2D eigenvalue weighted by molar-refractivity contribution is 9.10. The average molecular weight is 368 g/mol. The van der Waals surface area contributed by atoms with Crippen molar-refractivity contribution in [1.82, 2.24) is 4.98 Å². The van der Waals surface area contributed by atoms with Gasteiger partial charge >= 0.3 is 5.97 Å². The number of carbonyl (C=O) groups excluding carboxylic acids is 1. The van der Waals surface area contributed by atoms with Crippen LogP contribution in [0.4, 0.5) is 0 Å². The minimum Gasteiger partial charge on any atom is -0.469 e. The quantitative estimate of drug-likeness (QED) is 0.828. The van der Waals surface area contributed by atoms with Crippen LogP contribution in [0, 0.1) is 17.8 Å². The molecule has 1 heterocycles. The van der Waals surface area contributed by atoms with Crippen molar-refractivity contribution >= 4 is 21.9 Å². The number of carbonyl (C=O) groups is 1. The number of ether oxygens (including phenoxy) is 1. The van der Waals surface area contributed by atoms with E-state index >= 15 is 0 Å². The van der Waals surface area contributed by atoms with Crippen LogP contribution in [0.1, 0.15) is 44.2 Å². The van der Waals surface area contributed by atoms with Gasteiger partial charge in [-0.2, -0.15) is 0 Å². The number of halogens is 1. The van der Waals surface area contributed by atoms with Crippen molar-refractivity contribution in [3.63, 3.8) is 0 Å². The van der Waals surface area contributed by atoms with E-state index in [1.807, 2.05) is 12.1 Å². The Bertz CT molecular complexity index is 535. The van der Waals surface area contributed by atoms with Gasteiger partial charge in [0, 0.05) is 10.7 Å². The van der Waals surface area contributed by atoms with Gasteiger partial charge < -0.3 is 9.84 Å². The summed E-state index contributed by atoms with van der Waals surface area (Å²) < 4.78 is 5.77. The Morgan fingerprint density at radius 1 is 1.23 bits per heavy atom. The van der Waals surface area contributed by atoms with E-state index in [0.29, 0.717) is 5.92 Å². The Morgan fingerprint density at radius 2 is 1.82 bits per heavy atom. The highest BCUT2D eigenvalue weighted by Gasteiger charge is 2.52. The number of esters is 1. The molecule has 5 heteroatoms. The van der Waals surface area contributed by atoms with Gasteiger partial charge in [-0.25, -0.2) is 0 Å². The monoisotopic (exact) mass is 367 g/mol. The number of pyridine rings is 1. The second kappa shape index (κ2) is 6.28. The van der Waals surface area contributed by atoms with Crippen molar-refractivity contribution in [3.8, 4) is 0 Å². The Labute approximate surface area is 139 Å². The van der Waals surface area contributed by atoms with Crippen molar-refractivity contribution in [1.29, 1.82) is 0 Å². The first kappa shape index (κ1) is 15.9. The molecule has 120 valence electrons. The van der Waals surface area contributed by atoms with E-state index in [4.69, 9.17) is 4.74 Å². The van der Waals surface area contributed by atoms with E-state index in [-0.39, 0.29) is 17.8 Å². The zero-order chi connectivity index (χ0) is 15.7. The number of aliphatic hydroxyl groups is 1. The fourth-order valence-electron chi connectivity index (χ4n) is 3.82. The third-order valence-corrected chi connectivity index (χ3v) is 5.69. The standard InChI is InChI=1S/C17H22BrNO3/c1-22-16(20)11-2-4-12(5-3-11)17(21,13-6-7-13)15-9-8-14(18)10-19-15/h8-13,21H,2-7H2,1H3/t11-,12+,17?. The summed E-state index contributed by atoms with van der Waals surface area (Å²) in [4.78, 5) is 16.1. The molecule has 0 aromatic carbocycles. The van der Waals surface area contributed by atoms with Gasteiger partial charge in [0.05, 0.1) is 18.7 Å². The first-order valence-corrected chi connectivity index (χ1v) is 8.77. The van der Waals surface area contributed by atoms with Gasteiger partial charge in [-0.15, -0.1) is 0 Å². The van der Waals surface area contributed by atoms with Gasteiger partial charge in [0.25, 0.3) is 0 Å². The first-order valence-electron chi connectivity index (χ1n) is 7.98. The third kappa shape index (κ3) is 2.93. The molecule has 0 spiro atoms. The second-order valence-corrected chi connectivity index (χ2v) is 7.45. The van der Waals surface area contributed by atoms with Gasteiger partial charge in [0.15, 0.2) is 0 Å². The van der Waals surface area contributed by atoms with Crippen molar-refractivity contribution in [2.24, 2.45) is 17.8 Å². The van der Waals surface area contributed by atoms with Gasteiger partial charge in [0.1, 0.15) is 5.60 Å². The fourth-order valence-corrected chi connectivity index (χ4v) is 4.06. The number of aromatic nitrogens is 1. The molecule has 0 saturated heterocycles. The van der Waals surface area contributed by atoms with Crippen LogP contribution in [0.15, 0.2) is 22.8 Å². The van der Waals surface area contributed by atoms with E-state index in [1.54, 1.807) is 6.20 Å². The lowest BCUT2D eigenvalue weighted by Gasteiger charge is -2.40. The summed E-state index contributed by atoms with van der Waals surface area (Å²) in [6.07, 6.45) is 7.17. The molecule has 1 aromatic rings. The Kier molecular flexibility index (Phi) is 4.55. The highest BCUT2D eigenvalue weighted by Crippen LogP contribution is 2.53. The van der Waals surface area contributed by atoms with Crippen LogP contribution in [-0.4, -0.2) is 23.2 Å². The van der Waals surface area contributed by atoms with Crippen LogP contribution in [0.3, 0.4) is 0 Å². The summed E-state index contributed by atoms with van der Waals surface area (Å²) >= 11 is 3.40. The molecule has 2 aliphatic rings. The molecular weight excluding hydrogens is 346 g/mol. The molecule has 2 aliphatic carbocycles. The van der Waals surface area contributed by atoms with Crippen molar-refractivity contribution < 1.29 is 14.6 Å². The average Bonchev–Trinajstić information content (AvgIpc) is 3.39. The van der Waals surface area contributed by atoms with E-state index in [0.717, 1.165) is 48.7 Å². The van der Waals surface area contributed by atoms with Gasteiger partial charge in [-0.3, -0.25) is 9.78 Å². The lowest BCUT2D eigenvalue weighted by atomic mass is 9.70. The predicted octanol–water partition coefficient (Wildman–Crippen LogP) is 3.42. The summed E-state index contributed by atoms with van der Waals surface area (Å²) in [6, 6.07) is 3.87. The smallest absolute Gasteiger partial charge is 0.308 e. The molecule has 1 N–H and O–H groups in total. The topological polar surface area (TPSA) is 59.4 Å². The molecule has 2 fully saturated rings. The van der Waals surface area contributed by atoms with Crippen LogP contribution in [0.25, 0.3) is 0 Å². The molecule has 1 unspecified atom stereocenters. The number of hydrogen-bond acceptors (Lipinski definition) is 4. The summed E-state index contributed by atoms with van der Waals surface area (Å²) in [5.41, 5.74) is -0.0679. The van der Waals surface area contributed by atoms with Crippen LogP contribution in [0.2, 0.25) is 0 Å². The molecule has 0 bridgehead atoms. The zero-order valence-electron chi connectivity index (χ0n) is 12.8. The number of methoxy groups -OCH3 is 1. The normalized spacial score (nSPS) is 28.0. The maximum absolute atomic E-state index is 11.7. The van der Waals surface area contributed by atoms with Crippen molar-refractivity contribution in [3.05, 3.63) is 28.5 Å². The Balaban J connectivity index is 1.78. The lowest BCUT2D eigenvalue weighted by molar-refractivity contribution is -0.148. The molecule has 0 radical (unpaired) electrons. The van der Waals surface area contributed by atoms with Crippen molar-refractivity contribution in [2.45, 2.75) is 44.1 Å². The summed E-state index contributed by atoms with van der Waals surface area (Å²) in [7, 11) is 1.45.